The Labute approximate surface area is 129 Å². The highest BCUT2D eigenvalue weighted by molar-refractivity contribution is 9.10. The molecule has 0 fully saturated rings. The van der Waals surface area contributed by atoms with E-state index in [0.29, 0.717) is 0 Å². The molecule has 1 unspecified atom stereocenters. The molecule has 1 aromatic carbocycles. The summed E-state index contributed by atoms with van der Waals surface area (Å²) in [6.07, 6.45) is 1.11. The van der Waals surface area contributed by atoms with Crippen molar-refractivity contribution in [2.75, 3.05) is 6.54 Å². The minimum absolute atomic E-state index is 0.168. The highest BCUT2D eigenvalue weighted by Crippen LogP contribution is 2.32. The maximum absolute atomic E-state index is 5.71. The van der Waals surface area contributed by atoms with Crippen LogP contribution in [0.15, 0.2) is 33.2 Å². The third-order valence-electron chi connectivity index (χ3n) is 3.45. The highest BCUT2D eigenvalue weighted by atomic mass is 79.9. The van der Waals surface area contributed by atoms with Crippen LogP contribution < -0.4 is 5.32 Å². The molecule has 0 amide bonds. The van der Waals surface area contributed by atoms with Gasteiger partial charge in [-0.25, -0.2) is 0 Å². The molecule has 108 valence electrons. The van der Waals surface area contributed by atoms with Gasteiger partial charge in [-0.1, -0.05) is 40.5 Å². The topological polar surface area (TPSA) is 25.2 Å². The number of nitrogens with one attached hydrogen (secondary N) is 1. The highest BCUT2D eigenvalue weighted by Gasteiger charge is 2.20. The first-order valence-corrected chi connectivity index (χ1v) is 7.88. The lowest BCUT2D eigenvalue weighted by Crippen LogP contribution is -2.23. The Kier molecular flexibility index (Phi) is 5.06. The fourth-order valence-corrected chi connectivity index (χ4v) is 2.97. The van der Waals surface area contributed by atoms with Crippen molar-refractivity contribution in [2.45, 2.75) is 40.2 Å². The fourth-order valence-electron chi connectivity index (χ4n) is 2.50. The summed E-state index contributed by atoms with van der Waals surface area (Å²) < 4.78 is 6.85. The van der Waals surface area contributed by atoms with Crippen LogP contribution in [0.2, 0.25) is 0 Å². The monoisotopic (exact) mass is 335 g/mol. The second kappa shape index (κ2) is 6.59. The van der Waals surface area contributed by atoms with E-state index in [2.05, 4.69) is 59.4 Å². The predicted molar refractivity (Wildman–Crippen MR) is 87.2 cm³/mol. The van der Waals surface area contributed by atoms with Gasteiger partial charge in [0, 0.05) is 10.0 Å². The molecule has 0 spiro atoms. The Morgan fingerprint density at radius 3 is 2.50 bits per heavy atom. The lowest BCUT2D eigenvalue weighted by atomic mass is 9.97. The fraction of sp³-hybridized carbons (Fsp3) is 0.412. The van der Waals surface area contributed by atoms with Gasteiger partial charge in [-0.05, 0) is 51.4 Å². The lowest BCUT2D eigenvalue weighted by Gasteiger charge is -2.20. The Hall–Kier alpha value is -1.06. The minimum atomic E-state index is 0.168. The summed E-state index contributed by atoms with van der Waals surface area (Å²) in [4.78, 5) is 0. The molecule has 20 heavy (non-hydrogen) atoms. The second-order valence-electron chi connectivity index (χ2n) is 5.28. The van der Waals surface area contributed by atoms with Crippen molar-refractivity contribution in [1.29, 1.82) is 0 Å². The van der Waals surface area contributed by atoms with Crippen LogP contribution in [0.5, 0.6) is 0 Å². The van der Waals surface area contributed by atoms with Crippen LogP contribution in [0.1, 0.15) is 47.6 Å². The molecule has 0 saturated carbocycles. The van der Waals surface area contributed by atoms with Gasteiger partial charge in [0.05, 0.1) is 6.04 Å². The van der Waals surface area contributed by atoms with E-state index in [1.165, 1.54) is 16.7 Å². The van der Waals surface area contributed by atoms with E-state index in [1.54, 1.807) is 0 Å². The molecule has 1 atom stereocenters. The molecular formula is C17H22BrNO. The number of furan rings is 1. The van der Waals surface area contributed by atoms with Crippen LogP contribution in [-0.2, 0) is 0 Å². The molecule has 0 aliphatic heterocycles. The summed E-state index contributed by atoms with van der Waals surface area (Å²) in [6, 6.07) is 8.78. The van der Waals surface area contributed by atoms with Crippen LogP contribution >= 0.6 is 15.9 Å². The molecule has 3 heteroatoms. The first-order chi connectivity index (χ1) is 9.52. The summed E-state index contributed by atoms with van der Waals surface area (Å²) in [7, 11) is 0. The van der Waals surface area contributed by atoms with Crippen molar-refractivity contribution in [3.63, 3.8) is 0 Å². The first-order valence-electron chi connectivity index (χ1n) is 7.09. The Balaban J connectivity index is 2.46. The van der Waals surface area contributed by atoms with Crippen molar-refractivity contribution in [3.8, 4) is 0 Å². The van der Waals surface area contributed by atoms with Crippen molar-refractivity contribution >= 4 is 15.9 Å². The zero-order chi connectivity index (χ0) is 14.7. The van der Waals surface area contributed by atoms with Gasteiger partial charge in [0.2, 0.25) is 0 Å². The molecule has 2 nitrogen and oxygen atoms in total. The molecule has 0 aliphatic rings. The van der Waals surface area contributed by atoms with Gasteiger partial charge in [0.25, 0.3) is 0 Å². The van der Waals surface area contributed by atoms with E-state index in [0.717, 1.165) is 29.0 Å². The lowest BCUT2D eigenvalue weighted by molar-refractivity contribution is 0.493. The normalized spacial score (nSPS) is 12.7. The van der Waals surface area contributed by atoms with E-state index in [-0.39, 0.29) is 6.04 Å². The van der Waals surface area contributed by atoms with Crippen LogP contribution in [0, 0.1) is 20.8 Å². The molecule has 0 aliphatic carbocycles. The number of benzene rings is 1. The van der Waals surface area contributed by atoms with Gasteiger partial charge in [0.1, 0.15) is 11.5 Å². The van der Waals surface area contributed by atoms with Gasteiger partial charge in [-0.2, -0.15) is 0 Å². The molecule has 2 rings (SSSR count). The SMILES string of the molecule is CCCNC(c1cc(C)ccc1Br)c1cc(C)oc1C. The quantitative estimate of drug-likeness (QED) is 0.826. The van der Waals surface area contributed by atoms with Crippen LogP contribution in [-0.4, -0.2) is 6.54 Å². The van der Waals surface area contributed by atoms with Gasteiger partial charge in [0.15, 0.2) is 0 Å². The van der Waals surface area contributed by atoms with E-state index < -0.39 is 0 Å². The standard InChI is InChI=1S/C17H22BrNO/c1-5-8-19-17(14-10-12(3)20-13(14)4)15-9-11(2)6-7-16(15)18/h6-7,9-10,17,19H,5,8H2,1-4H3. The molecule has 2 aromatic rings. The van der Waals surface area contributed by atoms with Crippen LogP contribution in [0.25, 0.3) is 0 Å². The maximum atomic E-state index is 5.71. The zero-order valence-electron chi connectivity index (χ0n) is 12.6. The zero-order valence-corrected chi connectivity index (χ0v) is 14.2. The molecule has 0 saturated heterocycles. The first kappa shape index (κ1) is 15.3. The smallest absolute Gasteiger partial charge is 0.106 e. The second-order valence-corrected chi connectivity index (χ2v) is 6.14. The van der Waals surface area contributed by atoms with Gasteiger partial charge >= 0.3 is 0 Å². The van der Waals surface area contributed by atoms with Crippen LogP contribution in [0.4, 0.5) is 0 Å². The molecule has 1 heterocycles. The number of rotatable bonds is 5. The van der Waals surface area contributed by atoms with E-state index in [4.69, 9.17) is 4.42 Å². The molecular weight excluding hydrogens is 314 g/mol. The van der Waals surface area contributed by atoms with Crippen molar-refractivity contribution in [2.24, 2.45) is 0 Å². The summed E-state index contributed by atoms with van der Waals surface area (Å²) in [5.41, 5.74) is 3.76. The van der Waals surface area contributed by atoms with E-state index >= 15 is 0 Å². The minimum Gasteiger partial charge on any atom is -0.466 e. The van der Waals surface area contributed by atoms with Crippen molar-refractivity contribution < 1.29 is 4.42 Å². The number of hydrogen-bond acceptors (Lipinski definition) is 2. The predicted octanol–water partition coefficient (Wildman–Crippen LogP) is 5.06. The Morgan fingerprint density at radius 2 is 1.90 bits per heavy atom. The summed E-state index contributed by atoms with van der Waals surface area (Å²) in [5.74, 6) is 1.95. The Bertz CT molecular complexity index is 589. The third kappa shape index (κ3) is 3.33. The summed E-state index contributed by atoms with van der Waals surface area (Å²) >= 11 is 3.68. The van der Waals surface area contributed by atoms with Crippen LogP contribution in [0.3, 0.4) is 0 Å². The molecule has 1 N–H and O–H groups in total. The Morgan fingerprint density at radius 1 is 1.15 bits per heavy atom. The molecule has 0 radical (unpaired) electrons. The third-order valence-corrected chi connectivity index (χ3v) is 4.17. The summed E-state index contributed by atoms with van der Waals surface area (Å²) in [5, 5.41) is 3.63. The number of halogens is 1. The van der Waals surface area contributed by atoms with E-state index in [1.807, 2.05) is 13.8 Å². The molecule has 1 aromatic heterocycles. The number of aryl methyl sites for hydroxylation is 3. The van der Waals surface area contributed by atoms with Crippen molar-refractivity contribution in [3.05, 3.63) is 56.9 Å². The van der Waals surface area contributed by atoms with Gasteiger partial charge in [-0.15, -0.1) is 0 Å². The average molecular weight is 336 g/mol. The van der Waals surface area contributed by atoms with Crippen molar-refractivity contribution in [1.82, 2.24) is 5.32 Å². The average Bonchev–Trinajstić information content (AvgIpc) is 2.73. The van der Waals surface area contributed by atoms with E-state index in [9.17, 15) is 0 Å². The van der Waals surface area contributed by atoms with Gasteiger partial charge < -0.3 is 9.73 Å². The molecule has 0 bridgehead atoms. The maximum Gasteiger partial charge on any atom is 0.106 e. The number of hydrogen-bond donors (Lipinski definition) is 1. The summed E-state index contributed by atoms with van der Waals surface area (Å²) in [6.45, 7) is 9.32. The largest absolute Gasteiger partial charge is 0.466 e. The van der Waals surface area contributed by atoms with Gasteiger partial charge in [-0.3, -0.25) is 0 Å².